The zero-order valence-electron chi connectivity index (χ0n) is 19.3. The lowest BCUT2D eigenvalue weighted by Gasteiger charge is -2.14. The minimum absolute atomic E-state index is 0.0720. The zero-order chi connectivity index (χ0) is 24.9. The first-order chi connectivity index (χ1) is 16.9. The monoisotopic (exact) mass is 478 g/mol. The van der Waals surface area contributed by atoms with Gasteiger partial charge in [-0.3, -0.25) is 4.79 Å². The molecule has 0 saturated heterocycles. The number of aliphatic carboxylic acids is 1. The first kappa shape index (κ1) is 24.4. The quantitative estimate of drug-likeness (QED) is 0.307. The Labute approximate surface area is 202 Å². The lowest BCUT2D eigenvalue weighted by molar-refractivity contribution is -0.136. The van der Waals surface area contributed by atoms with Crippen LogP contribution in [0.1, 0.15) is 28.0 Å². The summed E-state index contributed by atoms with van der Waals surface area (Å²) in [6.07, 6.45) is -0.177. The van der Waals surface area contributed by atoms with Crippen molar-refractivity contribution in [3.8, 4) is 16.9 Å². The molecule has 4 aromatic rings. The van der Waals surface area contributed by atoms with Gasteiger partial charge in [-0.05, 0) is 35.4 Å². The predicted octanol–water partition coefficient (Wildman–Crippen LogP) is 4.51. The Morgan fingerprint density at radius 3 is 2.51 bits per heavy atom. The fourth-order valence-electron chi connectivity index (χ4n) is 4.04. The second kappa shape index (κ2) is 10.7. The van der Waals surface area contributed by atoms with E-state index in [1.807, 2.05) is 18.2 Å². The van der Waals surface area contributed by atoms with Crippen molar-refractivity contribution >= 4 is 16.9 Å². The number of halogens is 1. The average Bonchev–Trinajstić information content (AvgIpc) is 3.25. The molecule has 0 aliphatic rings. The van der Waals surface area contributed by atoms with E-state index in [0.717, 1.165) is 16.5 Å². The van der Waals surface area contributed by atoms with Gasteiger partial charge >= 0.3 is 5.97 Å². The molecule has 0 amide bonds. The molecule has 0 aliphatic heterocycles. The van der Waals surface area contributed by atoms with Crippen molar-refractivity contribution in [1.29, 1.82) is 0 Å². The van der Waals surface area contributed by atoms with E-state index in [1.165, 1.54) is 0 Å². The summed E-state index contributed by atoms with van der Waals surface area (Å²) >= 11 is 0. The van der Waals surface area contributed by atoms with Crippen molar-refractivity contribution in [2.24, 2.45) is 11.5 Å². The van der Waals surface area contributed by atoms with Crippen molar-refractivity contribution in [3.63, 3.8) is 0 Å². The molecule has 35 heavy (non-hydrogen) atoms. The second-order valence-electron chi connectivity index (χ2n) is 8.20. The summed E-state index contributed by atoms with van der Waals surface area (Å²) in [4.78, 5) is 11.3. The molecule has 0 aliphatic carbocycles. The molecule has 3 aromatic carbocycles. The molecule has 5 N–H and O–H groups in total. The van der Waals surface area contributed by atoms with Crippen LogP contribution < -0.4 is 16.2 Å². The first-order valence-corrected chi connectivity index (χ1v) is 11.1. The number of furan rings is 1. The van der Waals surface area contributed by atoms with Crippen molar-refractivity contribution in [2.75, 3.05) is 7.11 Å². The van der Waals surface area contributed by atoms with Crippen LogP contribution in [0, 0.1) is 5.82 Å². The SMILES string of the molecule is COCc1cc2cc(COc3cc(CN)ccc3CC(=O)O)cc(-c3cccc(CN)c3F)c2o1. The molecule has 4 rings (SSSR count). The number of fused-ring (bicyclic) bond motifs is 1. The lowest BCUT2D eigenvalue weighted by atomic mass is 9.98. The van der Waals surface area contributed by atoms with Crippen LogP contribution in [0.3, 0.4) is 0 Å². The molecular weight excluding hydrogens is 451 g/mol. The molecule has 0 fully saturated rings. The third kappa shape index (κ3) is 5.35. The maximum atomic E-state index is 15.2. The van der Waals surface area contributed by atoms with Crippen LogP contribution in [0.5, 0.6) is 5.75 Å². The van der Waals surface area contributed by atoms with Gasteiger partial charge in [-0.2, -0.15) is 0 Å². The van der Waals surface area contributed by atoms with E-state index in [1.54, 1.807) is 43.5 Å². The van der Waals surface area contributed by atoms with E-state index in [0.29, 0.717) is 45.9 Å². The molecule has 1 aromatic heterocycles. The molecule has 0 atom stereocenters. The number of rotatable bonds is 10. The van der Waals surface area contributed by atoms with Gasteiger partial charge in [0.1, 0.15) is 36.1 Å². The zero-order valence-corrected chi connectivity index (χ0v) is 19.3. The average molecular weight is 479 g/mol. The maximum Gasteiger partial charge on any atom is 0.307 e. The van der Waals surface area contributed by atoms with Gasteiger partial charge in [0, 0.05) is 47.8 Å². The second-order valence-corrected chi connectivity index (χ2v) is 8.20. The predicted molar refractivity (Wildman–Crippen MR) is 130 cm³/mol. The van der Waals surface area contributed by atoms with E-state index in [9.17, 15) is 9.90 Å². The molecule has 182 valence electrons. The summed E-state index contributed by atoms with van der Waals surface area (Å²) in [5.41, 5.74) is 15.5. The van der Waals surface area contributed by atoms with Crippen molar-refractivity contribution in [1.82, 2.24) is 0 Å². The molecular formula is C27H27FN2O5. The molecule has 0 unspecified atom stereocenters. The number of nitrogens with two attached hydrogens (primary N) is 2. The van der Waals surface area contributed by atoms with E-state index in [4.69, 9.17) is 25.4 Å². The highest BCUT2D eigenvalue weighted by Gasteiger charge is 2.18. The lowest BCUT2D eigenvalue weighted by Crippen LogP contribution is -2.06. The van der Waals surface area contributed by atoms with E-state index in [2.05, 4.69) is 0 Å². The number of carboxylic acid groups (broad SMARTS) is 1. The Morgan fingerprint density at radius 1 is 0.971 bits per heavy atom. The first-order valence-electron chi connectivity index (χ1n) is 11.1. The number of methoxy groups -OCH3 is 1. The normalized spacial score (nSPS) is 11.2. The van der Waals surface area contributed by atoms with Crippen LogP contribution in [-0.4, -0.2) is 18.2 Å². The van der Waals surface area contributed by atoms with Gasteiger partial charge in [0.05, 0.1) is 6.42 Å². The van der Waals surface area contributed by atoms with Crippen LogP contribution in [0.25, 0.3) is 22.1 Å². The van der Waals surface area contributed by atoms with Crippen LogP contribution >= 0.6 is 0 Å². The fourth-order valence-corrected chi connectivity index (χ4v) is 4.04. The van der Waals surface area contributed by atoms with Gasteiger partial charge in [-0.25, -0.2) is 4.39 Å². The highest BCUT2D eigenvalue weighted by atomic mass is 19.1. The minimum atomic E-state index is -0.960. The maximum absolute atomic E-state index is 15.2. The number of carboxylic acids is 1. The van der Waals surface area contributed by atoms with Crippen molar-refractivity contribution in [3.05, 3.63) is 88.4 Å². The third-order valence-electron chi connectivity index (χ3n) is 5.71. The summed E-state index contributed by atoms with van der Waals surface area (Å²) in [7, 11) is 1.57. The van der Waals surface area contributed by atoms with Crippen LogP contribution in [0.15, 0.2) is 59.0 Å². The highest BCUT2D eigenvalue weighted by molar-refractivity contribution is 5.94. The van der Waals surface area contributed by atoms with Gasteiger partial charge in [-0.1, -0.05) is 30.3 Å². The summed E-state index contributed by atoms with van der Waals surface area (Å²) in [5.74, 6) is -0.311. The van der Waals surface area contributed by atoms with E-state index >= 15 is 4.39 Å². The summed E-state index contributed by atoms with van der Waals surface area (Å²) in [6, 6.07) is 15.9. The van der Waals surface area contributed by atoms with Gasteiger partial charge < -0.3 is 30.5 Å². The molecule has 0 saturated carbocycles. The minimum Gasteiger partial charge on any atom is -0.489 e. The Morgan fingerprint density at radius 2 is 1.80 bits per heavy atom. The van der Waals surface area contributed by atoms with E-state index in [-0.39, 0.29) is 26.2 Å². The Bertz CT molecular complexity index is 1370. The highest BCUT2D eigenvalue weighted by Crippen LogP contribution is 2.35. The molecule has 7 nitrogen and oxygen atoms in total. The molecule has 1 heterocycles. The summed E-state index contributed by atoms with van der Waals surface area (Å²) in [5, 5.41) is 10.0. The fraction of sp³-hybridized carbons (Fsp3) is 0.222. The number of carbonyl (C=O) groups is 1. The van der Waals surface area contributed by atoms with Crippen LogP contribution in [0.2, 0.25) is 0 Å². The number of hydrogen-bond acceptors (Lipinski definition) is 6. The Kier molecular flexibility index (Phi) is 7.45. The molecule has 0 bridgehead atoms. The van der Waals surface area contributed by atoms with Gasteiger partial charge in [0.2, 0.25) is 0 Å². The third-order valence-corrected chi connectivity index (χ3v) is 5.71. The van der Waals surface area contributed by atoms with Gasteiger partial charge in [-0.15, -0.1) is 0 Å². The summed E-state index contributed by atoms with van der Waals surface area (Å²) < 4.78 is 32.5. The molecule has 0 spiro atoms. The van der Waals surface area contributed by atoms with Crippen molar-refractivity contribution in [2.45, 2.75) is 32.7 Å². The summed E-state index contributed by atoms with van der Waals surface area (Å²) in [6.45, 7) is 0.776. The van der Waals surface area contributed by atoms with Gasteiger partial charge in [0.25, 0.3) is 0 Å². The standard InChI is InChI=1S/C27H27FN2O5/c1-33-15-21-10-20-7-17(14-34-24-9-16(12-29)5-6-18(24)11-25(31)32)8-23(27(20)35-21)22-4-2-3-19(13-30)26(22)28/h2-10H,11-15,29-30H2,1H3,(H,31,32). The van der Waals surface area contributed by atoms with Crippen LogP contribution in [0.4, 0.5) is 4.39 Å². The number of ether oxygens (including phenoxy) is 2. The van der Waals surface area contributed by atoms with E-state index < -0.39 is 11.8 Å². The Balaban J connectivity index is 1.76. The topological polar surface area (TPSA) is 121 Å². The Hall–Kier alpha value is -3.72. The van der Waals surface area contributed by atoms with Gasteiger partial charge in [0.15, 0.2) is 0 Å². The smallest absolute Gasteiger partial charge is 0.307 e. The molecule has 0 radical (unpaired) electrons. The molecule has 8 heteroatoms. The largest absolute Gasteiger partial charge is 0.489 e. The number of benzene rings is 3. The number of hydrogen-bond donors (Lipinski definition) is 3. The van der Waals surface area contributed by atoms with Crippen LogP contribution in [-0.2, 0) is 42.3 Å². The van der Waals surface area contributed by atoms with Crippen molar-refractivity contribution < 1.29 is 28.2 Å².